The second-order valence-corrected chi connectivity index (χ2v) is 21.2. The van der Waals surface area contributed by atoms with Crippen molar-refractivity contribution in [2.45, 2.75) is 158 Å². The number of carbonyl (C=O) groups is 3. The van der Waals surface area contributed by atoms with Gasteiger partial charge in [0.15, 0.2) is 5.78 Å². The maximum Gasteiger partial charge on any atom is 0.309 e. The Morgan fingerprint density at radius 3 is 2.25 bits per heavy atom. The van der Waals surface area contributed by atoms with E-state index in [4.69, 9.17) is 16.3 Å². The zero-order valence-electron chi connectivity index (χ0n) is 35.1. The molecule has 0 radical (unpaired) electrons. The Labute approximate surface area is 334 Å². The number of carboxylic acid groups (broad SMARTS) is 1. The minimum atomic E-state index is -1.18. The predicted octanol–water partition coefficient (Wildman–Crippen LogP) is 9.23. The molecule has 10 atom stereocenters. The number of Topliss-reactive ketones (excluding diaryl/α,β-unsaturated/α-hetero) is 1. The smallest absolute Gasteiger partial charge is 0.309 e. The van der Waals surface area contributed by atoms with Gasteiger partial charge in [0, 0.05) is 35.4 Å². The summed E-state index contributed by atoms with van der Waals surface area (Å²) in [5, 5.41) is 33.7. The van der Waals surface area contributed by atoms with Crippen LogP contribution in [0.25, 0.3) is 0 Å². The second-order valence-electron chi connectivity index (χ2n) is 20.8. The maximum absolute atomic E-state index is 14.2. The SMILES string of the molecule is CC(C)C1=C2[C@H]3CC[C@@H]4[C@@]5(C)CC[C@H](OC(=O)CC(C)(C)C(=O)O)C(C)(C)[C@@H]5CC[C@@]4(C)[C@]3(C)CC[C@@]2([C@@H](O)CN(Cc2cccc(Cl)c2)C(C)O)CC1=O. The van der Waals surface area contributed by atoms with Crippen molar-refractivity contribution in [1.29, 1.82) is 0 Å². The molecular weight excluding hydrogens is 714 g/mol. The molecule has 9 heteroatoms. The van der Waals surface area contributed by atoms with Gasteiger partial charge in [-0.1, -0.05) is 77.8 Å². The fourth-order valence-electron chi connectivity index (χ4n) is 13.5. The summed E-state index contributed by atoms with van der Waals surface area (Å²) in [7, 11) is 0. The Kier molecular flexibility index (Phi) is 11.2. The van der Waals surface area contributed by atoms with Crippen molar-refractivity contribution < 1.29 is 34.4 Å². The number of nitrogens with zero attached hydrogens (tertiary/aromatic N) is 1. The van der Waals surface area contributed by atoms with Gasteiger partial charge in [0.1, 0.15) is 12.3 Å². The van der Waals surface area contributed by atoms with Crippen molar-refractivity contribution in [3.8, 4) is 0 Å². The molecule has 306 valence electrons. The quantitative estimate of drug-likeness (QED) is 0.150. The molecular formula is C46H68ClNO7. The summed E-state index contributed by atoms with van der Waals surface area (Å²) in [6, 6.07) is 7.61. The van der Waals surface area contributed by atoms with E-state index in [0.717, 1.165) is 62.5 Å². The minimum Gasteiger partial charge on any atom is -0.481 e. The fraction of sp³-hybridized carbons (Fsp3) is 0.761. The number of esters is 1. The van der Waals surface area contributed by atoms with Crippen LogP contribution >= 0.6 is 11.6 Å². The van der Waals surface area contributed by atoms with Crippen LogP contribution in [0.3, 0.4) is 0 Å². The molecule has 0 spiro atoms. The Morgan fingerprint density at radius 2 is 1.64 bits per heavy atom. The molecule has 0 aromatic heterocycles. The predicted molar refractivity (Wildman–Crippen MR) is 215 cm³/mol. The molecule has 6 rings (SSSR count). The molecule has 0 saturated heterocycles. The van der Waals surface area contributed by atoms with E-state index in [1.54, 1.807) is 20.8 Å². The Hall–Kier alpha value is -2.26. The number of rotatable bonds is 11. The highest BCUT2D eigenvalue weighted by molar-refractivity contribution is 6.30. The van der Waals surface area contributed by atoms with Crippen molar-refractivity contribution in [3.05, 3.63) is 46.0 Å². The monoisotopic (exact) mass is 781 g/mol. The summed E-state index contributed by atoms with van der Waals surface area (Å²) in [4.78, 5) is 41.0. The first-order chi connectivity index (χ1) is 25.4. The van der Waals surface area contributed by atoms with E-state index in [9.17, 15) is 29.7 Å². The molecule has 3 N–H and O–H groups in total. The summed E-state index contributed by atoms with van der Waals surface area (Å²) in [5.74, 6) is -0.241. The van der Waals surface area contributed by atoms with Crippen molar-refractivity contribution >= 4 is 29.3 Å². The van der Waals surface area contributed by atoms with Gasteiger partial charge in [-0.3, -0.25) is 19.3 Å². The zero-order valence-corrected chi connectivity index (χ0v) is 35.9. The number of fused-ring (bicyclic) bond motifs is 7. The summed E-state index contributed by atoms with van der Waals surface area (Å²) in [5.41, 5.74) is 0.957. The first-order valence-electron chi connectivity index (χ1n) is 21.0. The van der Waals surface area contributed by atoms with E-state index < -0.39 is 35.1 Å². The van der Waals surface area contributed by atoms with E-state index in [1.165, 1.54) is 5.57 Å². The third-order valence-electron chi connectivity index (χ3n) is 16.7. The molecule has 5 aliphatic rings. The van der Waals surface area contributed by atoms with Gasteiger partial charge in [-0.05, 0) is 135 Å². The van der Waals surface area contributed by atoms with E-state index in [0.29, 0.717) is 29.8 Å². The minimum absolute atomic E-state index is 0.00232. The summed E-state index contributed by atoms with van der Waals surface area (Å²) < 4.78 is 6.17. The lowest BCUT2D eigenvalue weighted by molar-refractivity contribution is -0.235. The fourth-order valence-corrected chi connectivity index (χ4v) is 13.7. The van der Waals surface area contributed by atoms with Gasteiger partial charge in [-0.15, -0.1) is 0 Å². The van der Waals surface area contributed by atoms with Gasteiger partial charge in [-0.2, -0.15) is 0 Å². The lowest BCUT2D eigenvalue weighted by Crippen LogP contribution is -2.66. The van der Waals surface area contributed by atoms with Crippen molar-refractivity contribution in [2.24, 2.45) is 56.2 Å². The van der Waals surface area contributed by atoms with Crippen LogP contribution in [0, 0.1) is 56.2 Å². The van der Waals surface area contributed by atoms with Crippen LogP contribution in [0.4, 0.5) is 0 Å². The molecule has 1 aromatic rings. The average molecular weight is 783 g/mol. The molecule has 4 saturated carbocycles. The molecule has 1 aromatic carbocycles. The molecule has 0 aliphatic heterocycles. The maximum atomic E-state index is 14.2. The van der Waals surface area contributed by atoms with Crippen molar-refractivity contribution in [2.75, 3.05) is 6.54 Å². The number of hydrogen-bond acceptors (Lipinski definition) is 7. The zero-order chi connectivity index (χ0) is 40.7. The molecule has 5 aliphatic carbocycles. The van der Waals surface area contributed by atoms with Crippen LogP contribution in [0.15, 0.2) is 35.4 Å². The lowest BCUT2D eigenvalue weighted by atomic mass is 9.33. The van der Waals surface area contributed by atoms with Gasteiger partial charge in [0.2, 0.25) is 0 Å². The molecule has 0 heterocycles. The number of ketones is 1. The molecule has 55 heavy (non-hydrogen) atoms. The highest BCUT2D eigenvalue weighted by Gasteiger charge is 2.71. The first kappa shape index (κ1) is 42.3. The normalized spacial score (nSPS) is 36.8. The molecule has 4 fully saturated rings. The van der Waals surface area contributed by atoms with Gasteiger partial charge in [0.05, 0.1) is 17.9 Å². The van der Waals surface area contributed by atoms with E-state index in [1.807, 2.05) is 29.2 Å². The van der Waals surface area contributed by atoms with Crippen LogP contribution in [0.5, 0.6) is 0 Å². The number of aliphatic carboxylic acids is 1. The molecule has 0 amide bonds. The number of carbonyl (C=O) groups excluding carboxylic acids is 2. The number of ether oxygens (including phenoxy) is 1. The number of carboxylic acids is 1. The molecule has 1 unspecified atom stereocenters. The third-order valence-corrected chi connectivity index (χ3v) is 16.9. The molecule has 8 nitrogen and oxygen atoms in total. The van der Waals surface area contributed by atoms with Crippen molar-refractivity contribution in [1.82, 2.24) is 4.90 Å². The van der Waals surface area contributed by atoms with E-state index in [-0.39, 0.29) is 58.3 Å². The number of aliphatic hydroxyl groups excluding tert-OH is 2. The summed E-state index contributed by atoms with van der Waals surface area (Å²) in [6.45, 7) is 21.9. The van der Waals surface area contributed by atoms with Gasteiger partial charge in [0.25, 0.3) is 0 Å². The Balaban J connectivity index is 1.29. The number of benzene rings is 1. The average Bonchev–Trinajstić information content (AvgIpc) is 3.39. The molecule has 0 bridgehead atoms. The van der Waals surface area contributed by atoms with Gasteiger partial charge >= 0.3 is 11.9 Å². The second kappa shape index (κ2) is 14.5. The van der Waals surface area contributed by atoms with E-state index >= 15 is 0 Å². The first-order valence-corrected chi connectivity index (χ1v) is 21.4. The third kappa shape index (κ3) is 6.85. The van der Waals surface area contributed by atoms with Crippen LogP contribution in [0.2, 0.25) is 5.02 Å². The topological polar surface area (TPSA) is 124 Å². The van der Waals surface area contributed by atoms with Crippen LogP contribution in [-0.4, -0.2) is 62.9 Å². The Morgan fingerprint density at radius 1 is 0.945 bits per heavy atom. The number of halogens is 1. The lowest BCUT2D eigenvalue weighted by Gasteiger charge is -2.72. The van der Waals surface area contributed by atoms with Crippen LogP contribution < -0.4 is 0 Å². The Bertz CT molecular complexity index is 1720. The standard InChI is InChI=1S/C46H68ClNO7/c1-27(2)38-32(50)23-46(35(51)26-48(28(3)49)25-29-12-11-13-30(47)22-29)21-20-44(9)31(39(38)46)14-15-34-43(8)18-17-36(55-37(52)24-41(4,5)40(53)54)42(6,7)33(43)16-19-45(34,44)10/h11-13,22,27-28,31,33-36,49,51H,14-21,23-26H2,1-10H3,(H,53,54)/t28?,31-,33+,34-,35+,36+,43+,44-,45-,46+/m1/s1. The number of aliphatic hydroxyl groups is 2. The van der Waals surface area contributed by atoms with E-state index in [2.05, 4.69) is 48.5 Å². The largest absolute Gasteiger partial charge is 0.481 e. The highest BCUT2D eigenvalue weighted by Crippen LogP contribution is 2.77. The van der Waals surface area contributed by atoms with Gasteiger partial charge < -0.3 is 20.1 Å². The van der Waals surface area contributed by atoms with Crippen molar-refractivity contribution in [3.63, 3.8) is 0 Å². The van der Waals surface area contributed by atoms with Crippen LogP contribution in [-0.2, 0) is 25.7 Å². The number of hydrogen-bond donors (Lipinski definition) is 3. The number of allylic oxidation sites excluding steroid dienone is 1. The highest BCUT2D eigenvalue weighted by atomic mass is 35.5. The summed E-state index contributed by atoms with van der Waals surface area (Å²) >= 11 is 6.31. The summed E-state index contributed by atoms with van der Waals surface area (Å²) in [6.07, 6.45) is 5.75. The van der Waals surface area contributed by atoms with Gasteiger partial charge in [-0.25, -0.2) is 0 Å². The van der Waals surface area contributed by atoms with Crippen LogP contribution in [0.1, 0.15) is 139 Å².